The number of hydrogen-bond acceptors (Lipinski definition) is 4. The molecular weight excluding hydrogens is 202 g/mol. The molecule has 0 aromatic carbocycles. The zero-order chi connectivity index (χ0) is 11.5. The Labute approximate surface area is 96.8 Å². The van der Waals surface area contributed by atoms with Crippen molar-refractivity contribution in [1.29, 1.82) is 0 Å². The van der Waals surface area contributed by atoms with Crippen molar-refractivity contribution in [2.45, 2.75) is 52.6 Å². The first-order valence-electron chi connectivity index (χ1n) is 6.19. The Kier molecular flexibility index (Phi) is 3.59. The standard InChI is InChI=1S/C12H21N3O/c1-8-5-4-6-9(2)12(8)13-7-11-14-10(3)16-15-11/h8-9,12-13H,4-7H2,1-3H3. The molecule has 4 heteroatoms. The Morgan fingerprint density at radius 1 is 1.31 bits per heavy atom. The Morgan fingerprint density at radius 2 is 2.00 bits per heavy atom. The van der Waals surface area contributed by atoms with E-state index in [0.717, 1.165) is 24.2 Å². The molecular formula is C12H21N3O. The topological polar surface area (TPSA) is 51.0 Å². The molecule has 1 aromatic rings. The molecule has 1 aromatic heterocycles. The predicted molar refractivity (Wildman–Crippen MR) is 61.8 cm³/mol. The van der Waals surface area contributed by atoms with E-state index in [9.17, 15) is 0 Å². The SMILES string of the molecule is Cc1nc(CNC2C(C)CCCC2C)no1. The average molecular weight is 223 g/mol. The van der Waals surface area contributed by atoms with Gasteiger partial charge in [-0.3, -0.25) is 0 Å². The highest BCUT2D eigenvalue weighted by molar-refractivity contribution is 4.88. The van der Waals surface area contributed by atoms with E-state index in [4.69, 9.17) is 4.52 Å². The van der Waals surface area contributed by atoms with Gasteiger partial charge >= 0.3 is 0 Å². The van der Waals surface area contributed by atoms with Gasteiger partial charge in [-0.15, -0.1) is 0 Å². The molecule has 0 radical (unpaired) electrons. The molecule has 0 spiro atoms. The zero-order valence-corrected chi connectivity index (χ0v) is 10.4. The van der Waals surface area contributed by atoms with Gasteiger partial charge < -0.3 is 9.84 Å². The molecule has 0 bridgehead atoms. The van der Waals surface area contributed by atoms with Crippen LogP contribution in [-0.2, 0) is 6.54 Å². The maximum atomic E-state index is 4.96. The monoisotopic (exact) mass is 223 g/mol. The van der Waals surface area contributed by atoms with Gasteiger partial charge in [0.1, 0.15) is 0 Å². The van der Waals surface area contributed by atoms with Crippen LogP contribution >= 0.6 is 0 Å². The molecule has 2 unspecified atom stereocenters. The highest BCUT2D eigenvalue weighted by atomic mass is 16.5. The van der Waals surface area contributed by atoms with Gasteiger partial charge in [-0.25, -0.2) is 0 Å². The van der Waals surface area contributed by atoms with E-state index >= 15 is 0 Å². The lowest BCUT2D eigenvalue weighted by Gasteiger charge is -2.35. The number of hydrogen-bond donors (Lipinski definition) is 1. The Bertz CT molecular complexity index is 327. The van der Waals surface area contributed by atoms with E-state index in [1.54, 1.807) is 0 Å². The van der Waals surface area contributed by atoms with Crippen molar-refractivity contribution in [3.05, 3.63) is 11.7 Å². The van der Waals surface area contributed by atoms with Crippen molar-refractivity contribution in [3.63, 3.8) is 0 Å². The normalized spacial score (nSPS) is 30.6. The number of aryl methyl sites for hydroxylation is 1. The van der Waals surface area contributed by atoms with E-state index < -0.39 is 0 Å². The van der Waals surface area contributed by atoms with Crippen molar-refractivity contribution in [2.75, 3.05) is 0 Å². The molecule has 1 fully saturated rings. The lowest BCUT2D eigenvalue weighted by molar-refractivity contribution is 0.206. The molecule has 16 heavy (non-hydrogen) atoms. The molecule has 2 atom stereocenters. The van der Waals surface area contributed by atoms with Crippen LogP contribution in [0.3, 0.4) is 0 Å². The van der Waals surface area contributed by atoms with Gasteiger partial charge in [0.05, 0.1) is 6.54 Å². The third kappa shape index (κ3) is 2.61. The maximum Gasteiger partial charge on any atom is 0.223 e. The van der Waals surface area contributed by atoms with Crippen molar-refractivity contribution >= 4 is 0 Å². The van der Waals surface area contributed by atoms with Crippen molar-refractivity contribution in [2.24, 2.45) is 11.8 Å². The lowest BCUT2D eigenvalue weighted by atomic mass is 9.79. The second-order valence-electron chi connectivity index (χ2n) is 5.02. The second-order valence-corrected chi connectivity index (χ2v) is 5.02. The van der Waals surface area contributed by atoms with Gasteiger partial charge in [0.2, 0.25) is 5.89 Å². The van der Waals surface area contributed by atoms with Crippen LogP contribution < -0.4 is 5.32 Å². The van der Waals surface area contributed by atoms with Crippen molar-refractivity contribution in [1.82, 2.24) is 15.5 Å². The molecule has 0 saturated heterocycles. The smallest absolute Gasteiger partial charge is 0.223 e. The second kappa shape index (κ2) is 4.95. The Balaban J connectivity index is 1.88. The quantitative estimate of drug-likeness (QED) is 0.854. The first-order valence-corrected chi connectivity index (χ1v) is 6.19. The van der Waals surface area contributed by atoms with Crippen LogP contribution in [0, 0.1) is 18.8 Å². The number of nitrogens with zero attached hydrogens (tertiary/aromatic N) is 2. The highest BCUT2D eigenvalue weighted by Gasteiger charge is 2.27. The zero-order valence-electron chi connectivity index (χ0n) is 10.4. The van der Waals surface area contributed by atoms with Crippen LogP contribution in [0.2, 0.25) is 0 Å². The van der Waals surface area contributed by atoms with E-state index in [1.165, 1.54) is 19.3 Å². The minimum absolute atomic E-state index is 0.590. The summed E-state index contributed by atoms with van der Waals surface area (Å²) >= 11 is 0. The van der Waals surface area contributed by atoms with Crippen LogP contribution in [0.25, 0.3) is 0 Å². The largest absolute Gasteiger partial charge is 0.340 e. The molecule has 90 valence electrons. The minimum Gasteiger partial charge on any atom is -0.340 e. The summed E-state index contributed by atoms with van der Waals surface area (Å²) in [5.41, 5.74) is 0. The molecule has 2 rings (SSSR count). The molecule has 4 nitrogen and oxygen atoms in total. The van der Waals surface area contributed by atoms with Crippen LogP contribution in [0.4, 0.5) is 0 Å². The van der Waals surface area contributed by atoms with Gasteiger partial charge in [0.15, 0.2) is 5.82 Å². The van der Waals surface area contributed by atoms with Crippen LogP contribution in [0.15, 0.2) is 4.52 Å². The summed E-state index contributed by atoms with van der Waals surface area (Å²) in [7, 11) is 0. The van der Waals surface area contributed by atoms with Gasteiger partial charge in [-0.2, -0.15) is 4.98 Å². The first-order chi connectivity index (χ1) is 7.66. The predicted octanol–water partition coefficient (Wildman–Crippen LogP) is 2.29. The molecule has 1 heterocycles. The van der Waals surface area contributed by atoms with Gasteiger partial charge in [-0.1, -0.05) is 25.4 Å². The van der Waals surface area contributed by atoms with E-state index in [1.807, 2.05) is 6.92 Å². The third-order valence-corrected chi connectivity index (χ3v) is 3.61. The number of aromatic nitrogens is 2. The summed E-state index contributed by atoms with van der Waals surface area (Å²) in [6.45, 7) is 7.20. The van der Waals surface area contributed by atoms with E-state index in [-0.39, 0.29) is 0 Å². The molecule has 0 amide bonds. The van der Waals surface area contributed by atoms with Gasteiger partial charge in [0.25, 0.3) is 0 Å². The molecule has 1 aliphatic rings. The van der Waals surface area contributed by atoms with Gasteiger partial charge in [-0.05, 0) is 24.7 Å². The van der Waals surface area contributed by atoms with E-state index in [0.29, 0.717) is 11.9 Å². The summed E-state index contributed by atoms with van der Waals surface area (Å²) in [5, 5.41) is 7.47. The lowest BCUT2D eigenvalue weighted by Crippen LogP contribution is -2.42. The summed E-state index contributed by atoms with van der Waals surface area (Å²) in [6, 6.07) is 0.590. The fraction of sp³-hybridized carbons (Fsp3) is 0.833. The number of nitrogens with one attached hydrogen (secondary N) is 1. The number of rotatable bonds is 3. The molecule has 1 aliphatic carbocycles. The van der Waals surface area contributed by atoms with Crippen LogP contribution in [0.1, 0.15) is 44.8 Å². The molecule has 0 aliphatic heterocycles. The highest BCUT2D eigenvalue weighted by Crippen LogP contribution is 2.28. The van der Waals surface area contributed by atoms with E-state index in [2.05, 4.69) is 29.3 Å². The van der Waals surface area contributed by atoms with Crippen LogP contribution in [0.5, 0.6) is 0 Å². The van der Waals surface area contributed by atoms with Crippen LogP contribution in [-0.4, -0.2) is 16.2 Å². The van der Waals surface area contributed by atoms with Crippen molar-refractivity contribution < 1.29 is 4.52 Å². The Morgan fingerprint density at radius 3 is 2.56 bits per heavy atom. The summed E-state index contributed by atoms with van der Waals surface area (Å²) in [4.78, 5) is 4.20. The fourth-order valence-electron chi connectivity index (χ4n) is 2.71. The average Bonchev–Trinajstić information content (AvgIpc) is 2.63. The summed E-state index contributed by atoms with van der Waals surface area (Å²) in [5.74, 6) is 2.90. The summed E-state index contributed by atoms with van der Waals surface area (Å²) < 4.78 is 4.96. The molecule has 1 saturated carbocycles. The van der Waals surface area contributed by atoms with Crippen molar-refractivity contribution in [3.8, 4) is 0 Å². The maximum absolute atomic E-state index is 4.96. The third-order valence-electron chi connectivity index (χ3n) is 3.61. The first kappa shape index (κ1) is 11.6. The fourth-order valence-corrected chi connectivity index (χ4v) is 2.71. The Hall–Kier alpha value is -0.900. The molecule has 1 N–H and O–H groups in total. The van der Waals surface area contributed by atoms with Gasteiger partial charge in [0, 0.05) is 13.0 Å². The summed E-state index contributed by atoms with van der Waals surface area (Å²) in [6.07, 6.45) is 4.02. The minimum atomic E-state index is 0.590.